The zero-order chi connectivity index (χ0) is 13.2. The molecule has 1 heteroatoms. The normalized spacial score (nSPS) is 110. The lowest BCUT2D eigenvalue weighted by atomic mass is 8.65. The van der Waals surface area contributed by atoms with Crippen LogP contribution in [0.1, 0.15) is 25.7 Å². The van der Waals surface area contributed by atoms with Crippen molar-refractivity contribution < 1.29 is 0 Å². The van der Waals surface area contributed by atoms with Gasteiger partial charge in [-0.15, -0.1) is 0 Å². The zero-order valence-electron chi connectivity index (χ0n) is 13.0. The third kappa shape index (κ3) is 0.240. The fourth-order valence-electron chi connectivity index (χ4n) is 18.1. The highest BCUT2D eigenvalue weighted by atomic mass is 15.4. The predicted molar refractivity (Wildman–Crippen MR) is 76.3 cm³/mol. The monoisotopic (exact) mass is 287 g/mol. The Balaban J connectivity index is 1.33. The molecule has 0 bridgehead atoms. The first-order chi connectivity index (χ1) is 10.8. The van der Waals surface area contributed by atoms with Crippen LogP contribution in [-0.2, 0) is 0 Å². The highest BCUT2D eigenvalue weighted by Gasteiger charge is 3.37. The van der Waals surface area contributed by atoms with Crippen molar-refractivity contribution in [3.8, 4) is 0 Å². The first kappa shape index (κ1) is 8.88. The molecule has 12 atom stereocenters. The van der Waals surface area contributed by atoms with Gasteiger partial charge >= 0.3 is 0 Å². The van der Waals surface area contributed by atoms with Crippen molar-refractivity contribution in [3.05, 3.63) is 0 Å². The average Bonchev–Trinajstić information content (AvgIpc) is 2.42. The van der Waals surface area contributed by atoms with Crippen molar-refractivity contribution in [3.63, 3.8) is 0 Å². The molecule has 12 rings (SSSR count). The molecule has 12 saturated carbocycles. The van der Waals surface area contributed by atoms with Crippen molar-refractivity contribution in [2.24, 2.45) is 85.8 Å². The largest absolute Gasteiger partial charge is 0.313 e. The summed E-state index contributed by atoms with van der Waals surface area (Å²) >= 11 is 0. The number of hydrogen-bond acceptors (Lipinski definition) is 1. The van der Waals surface area contributed by atoms with Crippen molar-refractivity contribution in [2.45, 2.75) is 31.2 Å². The van der Waals surface area contributed by atoms with Crippen LogP contribution in [0.25, 0.3) is 0 Å². The maximum absolute atomic E-state index is 4.11. The van der Waals surface area contributed by atoms with Crippen molar-refractivity contribution in [2.75, 3.05) is 7.05 Å². The van der Waals surface area contributed by atoms with E-state index in [0.29, 0.717) is 5.54 Å². The van der Waals surface area contributed by atoms with Gasteiger partial charge in [0.2, 0.25) is 0 Å². The number of nitrogens with one attached hydrogen (secondary N) is 1. The second-order valence-electron chi connectivity index (χ2n) is 12.4. The Morgan fingerprint density at radius 2 is 1.23 bits per heavy atom. The maximum Gasteiger partial charge on any atom is 0.0320 e. The summed E-state index contributed by atoms with van der Waals surface area (Å²) in [5, 5.41) is 4.11. The molecule has 0 saturated heterocycles. The Hall–Kier alpha value is -0.0400. The van der Waals surface area contributed by atoms with Crippen LogP contribution >= 0.6 is 0 Å². The summed E-state index contributed by atoms with van der Waals surface area (Å²) in [7, 11) is 2.39. The number of hydrogen-bond donors (Lipinski definition) is 1. The van der Waals surface area contributed by atoms with E-state index in [4.69, 9.17) is 0 Å². The minimum Gasteiger partial charge on any atom is -0.313 e. The van der Waals surface area contributed by atoms with Crippen molar-refractivity contribution in [1.29, 1.82) is 0 Å². The van der Waals surface area contributed by atoms with Crippen LogP contribution in [0.5, 0.6) is 0 Å². The molecular formula is C21H21N. The van der Waals surface area contributed by atoms with Crippen LogP contribution in [0.3, 0.4) is 0 Å². The van der Waals surface area contributed by atoms with Gasteiger partial charge in [-0.1, -0.05) is 0 Å². The highest BCUT2D eigenvalue weighted by molar-refractivity contribution is 5.84. The van der Waals surface area contributed by atoms with E-state index >= 15 is 0 Å². The van der Waals surface area contributed by atoms with Gasteiger partial charge < -0.3 is 5.32 Å². The molecule has 0 amide bonds. The minimum atomic E-state index is 0.714. The summed E-state index contributed by atoms with van der Waals surface area (Å²) in [6, 6.07) is 0. The minimum absolute atomic E-state index is 0.714. The second kappa shape index (κ2) is 1.53. The van der Waals surface area contributed by atoms with E-state index in [1.54, 1.807) is 25.7 Å². The van der Waals surface area contributed by atoms with E-state index in [1.807, 2.05) is 0 Å². The molecule has 0 aromatic carbocycles. The lowest BCUT2D eigenvalue weighted by molar-refractivity contribution is -0.914. The van der Waals surface area contributed by atoms with Crippen LogP contribution in [0.4, 0.5) is 0 Å². The van der Waals surface area contributed by atoms with E-state index in [-0.39, 0.29) is 0 Å². The van der Waals surface area contributed by atoms with Gasteiger partial charge in [0.15, 0.2) is 0 Å². The van der Waals surface area contributed by atoms with E-state index in [0.717, 1.165) is 32.5 Å². The van der Waals surface area contributed by atoms with Gasteiger partial charge in [0, 0.05) is 11.0 Å². The van der Waals surface area contributed by atoms with Crippen LogP contribution in [0.15, 0.2) is 0 Å². The molecule has 1 nitrogen and oxygen atoms in total. The van der Waals surface area contributed by atoms with Crippen LogP contribution in [0, 0.1) is 85.8 Å². The van der Waals surface area contributed by atoms with Gasteiger partial charge in [-0.3, -0.25) is 0 Å². The summed E-state index contributed by atoms with van der Waals surface area (Å²) in [6.07, 6.45) is 6.76. The topological polar surface area (TPSA) is 12.0 Å². The van der Waals surface area contributed by atoms with E-state index in [1.165, 1.54) is 53.3 Å². The van der Waals surface area contributed by atoms with Crippen molar-refractivity contribution >= 4 is 0 Å². The molecular weight excluding hydrogens is 266 g/mol. The Kier molecular flexibility index (Phi) is 0.616. The highest BCUT2D eigenvalue weighted by Crippen LogP contribution is 3.37. The summed E-state index contributed by atoms with van der Waals surface area (Å²) in [4.78, 5) is 0. The van der Waals surface area contributed by atoms with Gasteiger partial charge in [-0.05, 0) is 113 Å². The average molecular weight is 287 g/mol. The third-order valence-electron chi connectivity index (χ3n) is 15.6. The summed E-state index contributed by atoms with van der Waals surface area (Å²) in [5.41, 5.74) is 6.73. The van der Waals surface area contributed by atoms with Crippen LogP contribution < -0.4 is 5.32 Å². The van der Waals surface area contributed by atoms with Gasteiger partial charge in [0.1, 0.15) is 0 Å². The fraction of sp³-hybridized carbons (Fsp3) is 1.00. The van der Waals surface area contributed by atoms with Gasteiger partial charge in [-0.2, -0.15) is 0 Å². The third-order valence-corrected chi connectivity index (χ3v) is 15.6. The molecule has 1 N–H and O–H groups in total. The quantitative estimate of drug-likeness (QED) is 0.779. The van der Waals surface area contributed by atoms with E-state index in [2.05, 4.69) is 12.4 Å². The molecule has 6 spiro atoms. The standard InChI is InChI=1S/C21H21N/c1-22-19-12-4-8-6-2-10-14-11-3-7-9-5-13(19)18(9)16(7,11)20(14)15(6,10)17(8,12)21(18,19)20/h6-14,22H,2-5H2,1H3. The maximum atomic E-state index is 4.11. The van der Waals surface area contributed by atoms with E-state index in [9.17, 15) is 0 Å². The summed E-state index contributed by atoms with van der Waals surface area (Å²) in [5.74, 6) is 11.3. The predicted octanol–water partition coefficient (Wildman–Crippen LogP) is 2.13. The number of rotatable bonds is 1. The smallest absolute Gasteiger partial charge is 0.0320 e. The van der Waals surface area contributed by atoms with Crippen LogP contribution in [0.2, 0.25) is 0 Å². The molecule has 0 aliphatic heterocycles. The molecule has 0 aromatic heterocycles. The Morgan fingerprint density at radius 1 is 0.682 bits per heavy atom. The SMILES string of the molecule is CNC12C3CC4C5CC6C7C8CC9C%10CC1C%101C98C78C56C43C218. The molecule has 0 radical (unpaired) electrons. The molecule has 22 heavy (non-hydrogen) atoms. The molecule has 12 aliphatic carbocycles. The molecule has 0 heterocycles. The van der Waals surface area contributed by atoms with Gasteiger partial charge in [-0.25, -0.2) is 0 Å². The molecule has 12 unspecified atom stereocenters. The second-order valence-corrected chi connectivity index (χ2v) is 12.4. The van der Waals surface area contributed by atoms with Crippen molar-refractivity contribution in [1.82, 2.24) is 5.32 Å². The van der Waals surface area contributed by atoms with E-state index < -0.39 is 0 Å². The van der Waals surface area contributed by atoms with Gasteiger partial charge in [0.05, 0.1) is 0 Å². The summed E-state index contributed by atoms with van der Waals surface area (Å²) in [6.45, 7) is 0. The summed E-state index contributed by atoms with van der Waals surface area (Å²) < 4.78 is 0. The lowest BCUT2D eigenvalue weighted by Gasteiger charge is -3.38. The van der Waals surface area contributed by atoms with Gasteiger partial charge in [0.25, 0.3) is 0 Å². The fourth-order valence-corrected chi connectivity index (χ4v) is 18.1. The first-order valence-corrected chi connectivity index (χ1v) is 10.5. The molecule has 110 valence electrons. The molecule has 12 fully saturated rings. The Bertz CT molecular complexity index is 859. The lowest BCUT2D eigenvalue weighted by Crippen LogP contribution is -3.38. The molecule has 0 aromatic rings. The Morgan fingerprint density at radius 3 is 1.77 bits per heavy atom. The zero-order valence-corrected chi connectivity index (χ0v) is 13.0. The first-order valence-electron chi connectivity index (χ1n) is 10.5. The molecule has 12 aliphatic rings. The Labute approximate surface area is 130 Å². The number of fused-ring (bicyclic) bond motifs is 6. The van der Waals surface area contributed by atoms with Crippen LogP contribution in [-0.4, -0.2) is 12.6 Å².